The van der Waals surface area contributed by atoms with Crippen molar-refractivity contribution in [2.45, 2.75) is 19.8 Å². The molecule has 0 aromatic carbocycles. The third-order valence-corrected chi connectivity index (χ3v) is 2.08. The molecule has 0 radical (unpaired) electrons. The van der Waals surface area contributed by atoms with Crippen molar-refractivity contribution in [3.05, 3.63) is 36.2 Å². The van der Waals surface area contributed by atoms with Crippen LogP contribution in [0, 0.1) is 5.82 Å². The lowest BCUT2D eigenvalue weighted by Crippen LogP contribution is -2.03. The van der Waals surface area contributed by atoms with Crippen molar-refractivity contribution in [1.29, 1.82) is 0 Å². The highest BCUT2D eigenvalue weighted by atomic mass is 19.1. The zero-order valence-electron chi connectivity index (χ0n) is 9.05. The molecule has 2 rings (SSSR count). The van der Waals surface area contributed by atoms with Crippen molar-refractivity contribution in [3.63, 3.8) is 0 Å². The van der Waals surface area contributed by atoms with Crippen LogP contribution in [0.4, 0.5) is 4.39 Å². The molecule has 0 aliphatic rings. The Bertz CT molecular complexity index is 485. The van der Waals surface area contributed by atoms with E-state index >= 15 is 0 Å². The summed E-state index contributed by atoms with van der Waals surface area (Å²) in [5.41, 5.74) is 0.387. The first-order valence-corrected chi connectivity index (χ1v) is 4.98. The first kappa shape index (κ1) is 10.6. The number of hydrogen-bond donors (Lipinski definition) is 0. The van der Waals surface area contributed by atoms with Crippen LogP contribution in [-0.4, -0.2) is 19.9 Å². The molecule has 0 saturated heterocycles. The van der Waals surface area contributed by atoms with Gasteiger partial charge in [0.1, 0.15) is 0 Å². The molecule has 0 unspecified atom stereocenters. The smallest absolute Gasteiger partial charge is 0.198 e. The summed E-state index contributed by atoms with van der Waals surface area (Å²) in [6, 6.07) is 1.70. The lowest BCUT2D eigenvalue weighted by atomic mass is 10.1. The minimum atomic E-state index is -0.394. The molecule has 0 fully saturated rings. The summed E-state index contributed by atoms with van der Waals surface area (Å²) in [6.07, 6.45) is 4.36. The van der Waals surface area contributed by atoms with E-state index in [2.05, 4.69) is 19.9 Å². The number of nitrogens with zero attached hydrogens (tertiary/aromatic N) is 4. The maximum atomic E-state index is 13.4. The Hall–Kier alpha value is -1.91. The zero-order valence-corrected chi connectivity index (χ0v) is 9.05. The van der Waals surface area contributed by atoms with Gasteiger partial charge in [-0.05, 0) is 12.0 Å². The van der Waals surface area contributed by atoms with Crippen LogP contribution >= 0.6 is 0 Å². The summed E-state index contributed by atoms with van der Waals surface area (Å²) < 4.78 is 13.4. The standard InChI is InChI=1S/C11H11FN4/c1-7(2)9-8(12)6-15-11(16-9)10-13-4-3-5-14-10/h3-7H,1-2H3. The van der Waals surface area contributed by atoms with Crippen LogP contribution in [-0.2, 0) is 0 Å². The van der Waals surface area contributed by atoms with E-state index in [-0.39, 0.29) is 5.92 Å². The lowest BCUT2D eigenvalue weighted by molar-refractivity contribution is 0.577. The molecule has 16 heavy (non-hydrogen) atoms. The minimum absolute atomic E-state index is 0.00506. The van der Waals surface area contributed by atoms with Gasteiger partial charge in [-0.2, -0.15) is 0 Å². The average molecular weight is 218 g/mol. The first-order chi connectivity index (χ1) is 7.68. The van der Waals surface area contributed by atoms with E-state index in [1.165, 1.54) is 0 Å². The van der Waals surface area contributed by atoms with Crippen LogP contribution in [0.15, 0.2) is 24.7 Å². The van der Waals surface area contributed by atoms with Gasteiger partial charge >= 0.3 is 0 Å². The molecule has 0 atom stereocenters. The van der Waals surface area contributed by atoms with Gasteiger partial charge in [0.15, 0.2) is 17.5 Å². The van der Waals surface area contributed by atoms with Crippen molar-refractivity contribution in [2.75, 3.05) is 0 Å². The van der Waals surface area contributed by atoms with E-state index in [1.807, 2.05) is 13.8 Å². The highest BCUT2D eigenvalue weighted by Gasteiger charge is 2.12. The third kappa shape index (κ3) is 2.03. The largest absolute Gasteiger partial charge is 0.234 e. The molecule has 2 aromatic rings. The molecule has 4 nitrogen and oxygen atoms in total. The van der Waals surface area contributed by atoms with Crippen LogP contribution in [0.25, 0.3) is 11.6 Å². The minimum Gasteiger partial charge on any atom is -0.234 e. The maximum absolute atomic E-state index is 13.4. The summed E-state index contributed by atoms with van der Waals surface area (Å²) in [5, 5.41) is 0. The predicted octanol–water partition coefficient (Wildman–Crippen LogP) is 2.20. The maximum Gasteiger partial charge on any atom is 0.198 e. The molecule has 82 valence electrons. The van der Waals surface area contributed by atoms with Crippen LogP contribution in [0.5, 0.6) is 0 Å². The summed E-state index contributed by atoms with van der Waals surface area (Å²) >= 11 is 0. The van der Waals surface area contributed by atoms with Crippen molar-refractivity contribution >= 4 is 0 Å². The second kappa shape index (κ2) is 4.30. The Labute approximate surface area is 92.6 Å². The first-order valence-electron chi connectivity index (χ1n) is 4.98. The van der Waals surface area contributed by atoms with Gasteiger partial charge in [0.05, 0.1) is 11.9 Å². The van der Waals surface area contributed by atoms with Gasteiger partial charge in [-0.15, -0.1) is 0 Å². The highest BCUT2D eigenvalue weighted by molar-refractivity contribution is 5.42. The zero-order chi connectivity index (χ0) is 11.5. The second-order valence-electron chi connectivity index (χ2n) is 3.65. The number of aromatic nitrogens is 4. The van der Waals surface area contributed by atoms with Crippen LogP contribution in [0.3, 0.4) is 0 Å². The van der Waals surface area contributed by atoms with Gasteiger partial charge in [0.25, 0.3) is 0 Å². The molecule has 0 aliphatic heterocycles. The van der Waals surface area contributed by atoms with E-state index in [4.69, 9.17) is 0 Å². The Morgan fingerprint density at radius 2 is 1.75 bits per heavy atom. The number of halogens is 1. The second-order valence-corrected chi connectivity index (χ2v) is 3.65. The summed E-state index contributed by atoms with van der Waals surface area (Å²) in [6.45, 7) is 3.75. The van der Waals surface area contributed by atoms with E-state index in [1.54, 1.807) is 18.5 Å². The van der Waals surface area contributed by atoms with Gasteiger partial charge in [-0.1, -0.05) is 13.8 Å². The Morgan fingerprint density at radius 1 is 1.06 bits per heavy atom. The topological polar surface area (TPSA) is 51.6 Å². The normalized spacial score (nSPS) is 10.8. The quantitative estimate of drug-likeness (QED) is 0.775. The van der Waals surface area contributed by atoms with E-state index < -0.39 is 5.82 Å². The molecule has 5 heteroatoms. The van der Waals surface area contributed by atoms with Crippen LogP contribution < -0.4 is 0 Å². The molecular formula is C11H11FN4. The van der Waals surface area contributed by atoms with Gasteiger partial charge in [-0.3, -0.25) is 0 Å². The van der Waals surface area contributed by atoms with Crippen molar-refractivity contribution < 1.29 is 4.39 Å². The summed E-state index contributed by atoms with van der Waals surface area (Å²) in [4.78, 5) is 16.1. The molecule has 0 spiro atoms. The Balaban J connectivity index is 2.48. The number of hydrogen-bond acceptors (Lipinski definition) is 4. The fourth-order valence-electron chi connectivity index (χ4n) is 1.31. The van der Waals surface area contributed by atoms with E-state index in [0.29, 0.717) is 17.3 Å². The summed E-state index contributed by atoms with van der Waals surface area (Å²) in [7, 11) is 0. The molecule has 0 saturated carbocycles. The monoisotopic (exact) mass is 218 g/mol. The van der Waals surface area contributed by atoms with E-state index in [9.17, 15) is 4.39 Å². The van der Waals surface area contributed by atoms with Crippen molar-refractivity contribution in [2.24, 2.45) is 0 Å². The van der Waals surface area contributed by atoms with Crippen LogP contribution in [0.1, 0.15) is 25.5 Å². The van der Waals surface area contributed by atoms with Crippen LogP contribution in [0.2, 0.25) is 0 Å². The molecule has 2 aromatic heterocycles. The Morgan fingerprint density at radius 3 is 2.38 bits per heavy atom. The lowest BCUT2D eigenvalue weighted by Gasteiger charge is -2.06. The SMILES string of the molecule is CC(C)c1nc(-c2ncccn2)ncc1F. The van der Waals surface area contributed by atoms with Crippen molar-refractivity contribution in [1.82, 2.24) is 19.9 Å². The molecule has 0 bridgehead atoms. The van der Waals surface area contributed by atoms with E-state index in [0.717, 1.165) is 6.20 Å². The number of rotatable bonds is 2. The third-order valence-electron chi connectivity index (χ3n) is 2.08. The van der Waals surface area contributed by atoms with Gasteiger partial charge in [-0.25, -0.2) is 24.3 Å². The Kier molecular flexibility index (Phi) is 2.85. The highest BCUT2D eigenvalue weighted by Crippen LogP contribution is 2.17. The average Bonchev–Trinajstić information content (AvgIpc) is 2.30. The molecule has 0 amide bonds. The molecule has 2 heterocycles. The predicted molar refractivity (Wildman–Crippen MR) is 57.1 cm³/mol. The van der Waals surface area contributed by atoms with Gasteiger partial charge in [0, 0.05) is 12.4 Å². The molecule has 0 N–H and O–H groups in total. The van der Waals surface area contributed by atoms with Gasteiger partial charge < -0.3 is 0 Å². The van der Waals surface area contributed by atoms with Gasteiger partial charge in [0.2, 0.25) is 0 Å². The van der Waals surface area contributed by atoms with Crippen molar-refractivity contribution in [3.8, 4) is 11.6 Å². The summed E-state index contributed by atoms with van der Waals surface area (Å²) in [5.74, 6) is 0.371. The molecule has 0 aliphatic carbocycles. The molecular weight excluding hydrogens is 207 g/mol. The fraction of sp³-hybridized carbons (Fsp3) is 0.273. The fourth-order valence-corrected chi connectivity index (χ4v) is 1.31.